The molecule has 4 rings (SSSR count). The van der Waals surface area contributed by atoms with E-state index in [9.17, 15) is 0 Å². The van der Waals surface area contributed by atoms with Gasteiger partial charge in [0.1, 0.15) is 5.69 Å². The van der Waals surface area contributed by atoms with Crippen molar-refractivity contribution in [3.8, 4) is 11.5 Å². The predicted molar refractivity (Wildman–Crippen MR) is 80.3 cm³/mol. The number of hydrogen-bond donors (Lipinski definition) is 0. The summed E-state index contributed by atoms with van der Waals surface area (Å²) >= 11 is 0. The highest BCUT2D eigenvalue weighted by molar-refractivity contribution is 5.93. The van der Waals surface area contributed by atoms with Crippen LogP contribution in [0.25, 0.3) is 33.2 Å². The van der Waals surface area contributed by atoms with Crippen molar-refractivity contribution in [3.05, 3.63) is 67.0 Å². The Kier molecular flexibility index (Phi) is 2.42. The van der Waals surface area contributed by atoms with E-state index in [4.69, 9.17) is 0 Å². The number of hydrogen-bond acceptors (Lipinski definition) is 3. The molecule has 0 aliphatic rings. The predicted octanol–water partition coefficient (Wildman–Crippen LogP) is 3.85. The highest BCUT2D eigenvalue weighted by atomic mass is 14.9. The largest absolute Gasteiger partial charge is 0.252 e. The van der Waals surface area contributed by atoms with E-state index in [1.807, 2.05) is 48.7 Å². The van der Waals surface area contributed by atoms with Gasteiger partial charge in [-0.25, -0.2) is 9.97 Å². The lowest BCUT2D eigenvalue weighted by Crippen LogP contribution is -1.93. The third kappa shape index (κ3) is 1.72. The monoisotopic (exact) mass is 257 g/mol. The molecule has 0 N–H and O–H groups in total. The smallest absolute Gasteiger partial charge is 0.179 e. The fraction of sp³-hybridized carbons (Fsp3) is 0. The van der Waals surface area contributed by atoms with E-state index in [1.165, 1.54) is 0 Å². The molecule has 0 aliphatic carbocycles. The van der Waals surface area contributed by atoms with Crippen LogP contribution in [0.5, 0.6) is 0 Å². The SMILES string of the molecule is c1ccc2nc(-c3nccc4ccccc34)ncc2c1. The van der Waals surface area contributed by atoms with Crippen LogP contribution in [-0.2, 0) is 0 Å². The fourth-order valence-electron chi connectivity index (χ4n) is 2.38. The average molecular weight is 257 g/mol. The van der Waals surface area contributed by atoms with Crippen molar-refractivity contribution >= 4 is 21.7 Å². The van der Waals surface area contributed by atoms with Crippen molar-refractivity contribution in [3.63, 3.8) is 0 Å². The van der Waals surface area contributed by atoms with Gasteiger partial charge >= 0.3 is 0 Å². The van der Waals surface area contributed by atoms with E-state index in [1.54, 1.807) is 6.20 Å². The highest BCUT2D eigenvalue weighted by Gasteiger charge is 2.08. The van der Waals surface area contributed by atoms with E-state index in [2.05, 4.69) is 27.1 Å². The lowest BCUT2D eigenvalue weighted by atomic mass is 10.1. The maximum atomic E-state index is 4.62. The second-order valence-electron chi connectivity index (χ2n) is 4.63. The van der Waals surface area contributed by atoms with Gasteiger partial charge in [0, 0.05) is 23.2 Å². The molecule has 20 heavy (non-hydrogen) atoms. The lowest BCUT2D eigenvalue weighted by molar-refractivity contribution is 1.19. The minimum absolute atomic E-state index is 0.667. The molecule has 0 bridgehead atoms. The minimum atomic E-state index is 0.667. The first-order chi connectivity index (χ1) is 9.92. The van der Waals surface area contributed by atoms with Crippen LogP contribution in [0.4, 0.5) is 0 Å². The van der Waals surface area contributed by atoms with Crippen molar-refractivity contribution in [2.24, 2.45) is 0 Å². The molecular weight excluding hydrogens is 246 g/mol. The minimum Gasteiger partial charge on any atom is -0.252 e. The molecule has 3 heteroatoms. The standard InChI is InChI=1S/C17H11N3/c1-3-7-14-12(5-1)9-10-18-16(14)17-19-11-13-6-2-4-8-15(13)20-17/h1-11H. The zero-order valence-electron chi connectivity index (χ0n) is 10.7. The molecule has 0 amide bonds. The zero-order chi connectivity index (χ0) is 13.4. The number of para-hydroxylation sites is 1. The van der Waals surface area contributed by atoms with Crippen molar-refractivity contribution in [1.29, 1.82) is 0 Å². The van der Waals surface area contributed by atoms with E-state index >= 15 is 0 Å². The summed E-state index contributed by atoms with van der Waals surface area (Å²) in [5.41, 5.74) is 1.76. The van der Waals surface area contributed by atoms with Crippen LogP contribution >= 0.6 is 0 Å². The van der Waals surface area contributed by atoms with Crippen LogP contribution in [0.3, 0.4) is 0 Å². The summed E-state index contributed by atoms with van der Waals surface area (Å²) in [4.78, 5) is 13.5. The molecule has 2 aromatic heterocycles. The van der Waals surface area contributed by atoms with E-state index in [-0.39, 0.29) is 0 Å². The van der Waals surface area contributed by atoms with E-state index in [0.29, 0.717) is 5.82 Å². The number of benzene rings is 2. The van der Waals surface area contributed by atoms with Crippen molar-refractivity contribution < 1.29 is 0 Å². The molecule has 0 aliphatic heterocycles. The van der Waals surface area contributed by atoms with Crippen LogP contribution < -0.4 is 0 Å². The topological polar surface area (TPSA) is 38.7 Å². The molecule has 3 nitrogen and oxygen atoms in total. The van der Waals surface area contributed by atoms with Crippen LogP contribution in [0.2, 0.25) is 0 Å². The molecule has 0 saturated carbocycles. The van der Waals surface area contributed by atoms with Gasteiger partial charge in [0.05, 0.1) is 5.52 Å². The zero-order valence-corrected chi connectivity index (χ0v) is 10.7. The van der Waals surface area contributed by atoms with Crippen LogP contribution in [-0.4, -0.2) is 15.0 Å². The number of rotatable bonds is 1. The third-order valence-corrected chi connectivity index (χ3v) is 3.37. The van der Waals surface area contributed by atoms with Gasteiger partial charge in [-0.1, -0.05) is 42.5 Å². The summed E-state index contributed by atoms with van der Waals surface area (Å²) in [5, 5.41) is 3.26. The summed E-state index contributed by atoms with van der Waals surface area (Å²) in [5.74, 6) is 0.667. The number of fused-ring (bicyclic) bond motifs is 2. The first-order valence-corrected chi connectivity index (χ1v) is 6.48. The van der Waals surface area contributed by atoms with Crippen LogP contribution in [0.1, 0.15) is 0 Å². The molecule has 0 radical (unpaired) electrons. The van der Waals surface area contributed by atoms with Gasteiger partial charge in [-0.05, 0) is 17.5 Å². The van der Waals surface area contributed by atoms with Crippen LogP contribution in [0.15, 0.2) is 67.0 Å². The maximum absolute atomic E-state index is 4.62. The molecule has 0 unspecified atom stereocenters. The van der Waals surface area contributed by atoms with Crippen molar-refractivity contribution in [1.82, 2.24) is 15.0 Å². The Labute approximate surface area is 116 Å². The number of nitrogens with zero attached hydrogens (tertiary/aromatic N) is 3. The molecule has 2 aromatic carbocycles. The molecular formula is C17H11N3. The summed E-state index contributed by atoms with van der Waals surface area (Å²) in [6.07, 6.45) is 3.65. The van der Waals surface area contributed by atoms with Crippen LogP contribution in [0, 0.1) is 0 Å². The Morgan fingerprint density at radius 2 is 1.50 bits per heavy atom. The second kappa shape index (κ2) is 4.38. The summed E-state index contributed by atoms with van der Waals surface area (Å²) < 4.78 is 0. The van der Waals surface area contributed by atoms with E-state index < -0.39 is 0 Å². The summed E-state index contributed by atoms with van der Waals surface area (Å²) in [6.45, 7) is 0. The van der Waals surface area contributed by atoms with Gasteiger partial charge in [0.15, 0.2) is 5.82 Å². The Morgan fingerprint density at radius 1 is 0.700 bits per heavy atom. The molecule has 4 aromatic rings. The van der Waals surface area contributed by atoms with Gasteiger partial charge < -0.3 is 0 Å². The fourth-order valence-corrected chi connectivity index (χ4v) is 2.38. The molecule has 0 atom stereocenters. The molecule has 94 valence electrons. The maximum Gasteiger partial charge on any atom is 0.179 e. The first-order valence-electron chi connectivity index (χ1n) is 6.48. The quantitative estimate of drug-likeness (QED) is 0.520. The first kappa shape index (κ1) is 11.1. The third-order valence-electron chi connectivity index (χ3n) is 3.37. The second-order valence-corrected chi connectivity index (χ2v) is 4.63. The highest BCUT2D eigenvalue weighted by Crippen LogP contribution is 2.24. The Bertz CT molecular complexity index is 910. The lowest BCUT2D eigenvalue weighted by Gasteiger charge is -2.05. The summed E-state index contributed by atoms with van der Waals surface area (Å²) in [6, 6.07) is 18.1. The molecule has 2 heterocycles. The average Bonchev–Trinajstić information content (AvgIpc) is 2.54. The normalized spacial score (nSPS) is 11.0. The van der Waals surface area contributed by atoms with Gasteiger partial charge in [0.25, 0.3) is 0 Å². The molecule has 0 fully saturated rings. The van der Waals surface area contributed by atoms with Gasteiger partial charge in [0.2, 0.25) is 0 Å². The summed E-state index contributed by atoms with van der Waals surface area (Å²) in [7, 11) is 0. The van der Waals surface area contributed by atoms with Crippen molar-refractivity contribution in [2.45, 2.75) is 0 Å². The van der Waals surface area contributed by atoms with Gasteiger partial charge in [-0.15, -0.1) is 0 Å². The molecule has 0 spiro atoms. The number of aromatic nitrogens is 3. The Morgan fingerprint density at radius 3 is 2.45 bits per heavy atom. The van der Waals surface area contributed by atoms with Gasteiger partial charge in [-0.2, -0.15) is 0 Å². The molecule has 0 saturated heterocycles. The Balaban J connectivity index is 2.01. The Hall–Kier alpha value is -2.81. The van der Waals surface area contributed by atoms with Crippen molar-refractivity contribution in [2.75, 3.05) is 0 Å². The number of pyridine rings is 1. The van der Waals surface area contributed by atoms with Gasteiger partial charge in [-0.3, -0.25) is 4.98 Å². The van der Waals surface area contributed by atoms with E-state index in [0.717, 1.165) is 27.4 Å².